The summed E-state index contributed by atoms with van der Waals surface area (Å²) in [6, 6.07) is 6.05. The topological polar surface area (TPSA) is 97.1 Å². The summed E-state index contributed by atoms with van der Waals surface area (Å²) in [4.78, 5) is 28.2. The molecule has 0 saturated heterocycles. The summed E-state index contributed by atoms with van der Waals surface area (Å²) in [5.41, 5.74) is 0.855. The number of aliphatic carboxylic acids is 1. The van der Waals surface area contributed by atoms with E-state index in [0.717, 1.165) is 24.8 Å². The van der Waals surface area contributed by atoms with Crippen molar-refractivity contribution in [2.75, 3.05) is 5.32 Å². The molecule has 26 heavy (non-hydrogen) atoms. The minimum Gasteiger partial charge on any atom is -0.481 e. The number of nitrogens with zero attached hydrogens (tertiary/aromatic N) is 3. The number of carbonyl (C=O) groups is 2. The van der Waals surface area contributed by atoms with Crippen LogP contribution in [0.5, 0.6) is 0 Å². The Labute approximate surface area is 149 Å². The third kappa shape index (κ3) is 3.07. The van der Waals surface area contributed by atoms with Gasteiger partial charge in [0, 0.05) is 0 Å². The lowest BCUT2D eigenvalue weighted by Gasteiger charge is -2.26. The Morgan fingerprint density at radius 1 is 1.19 bits per heavy atom. The van der Waals surface area contributed by atoms with Crippen molar-refractivity contribution in [2.24, 2.45) is 23.7 Å². The molecular formula is C18H19FN4O3. The fourth-order valence-corrected chi connectivity index (χ4v) is 4.42. The molecule has 2 aliphatic carbocycles. The van der Waals surface area contributed by atoms with Crippen LogP contribution in [0, 0.1) is 29.5 Å². The van der Waals surface area contributed by atoms with Gasteiger partial charge in [-0.05, 0) is 48.8 Å². The fraction of sp³-hybridized carbons (Fsp3) is 0.444. The second-order valence-electron chi connectivity index (χ2n) is 7.10. The van der Waals surface area contributed by atoms with E-state index < -0.39 is 17.8 Å². The fourth-order valence-electron chi connectivity index (χ4n) is 4.42. The number of rotatable bonds is 5. The zero-order valence-corrected chi connectivity index (χ0v) is 14.0. The summed E-state index contributed by atoms with van der Waals surface area (Å²) in [5, 5.41) is 16.3. The van der Waals surface area contributed by atoms with E-state index >= 15 is 0 Å². The van der Waals surface area contributed by atoms with Crippen LogP contribution < -0.4 is 5.32 Å². The molecule has 4 atom stereocenters. The van der Waals surface area contributed by atoms with Crippen molar-refractivity contribution in [3.63, 3.8) is 0 Å². The van der Waals surface area contributed by atoms with Gasteiger partial charge in [0.15, 0.2) is 0 Å². The van der Waals surface area contributed by atoms with Gasteiger partial charge in [-0.2, -0.15) is 0 Å². The van der Waals surface area contributed by atoms with Crippen molar-refractivity contribution >= 4 is 17.8 Å². The smallest absolute Gasteiger partial charge is 0.307 e. The first kappa shape index (κ1) is 16.7. The third-order valence-electron chi connectivity index (χ3n) is 5.53. The Morgan fingerprint density at radius 2 is 1.88 bits per heavy atom. The SMILES string of the molecule is O=C(O)[C@@H]1[C@H]2CC[C@@H](C2)[C@H]1C(=O)Nc1ncn(Cc2ccc(F)cc2)n1. The number of aromatic nitrogens is 3. The molecule has 0 unspecified atom stereocenters. The molecule has 2 aliphatic rings. The van der Waals surface area contributed by atoms with Crippen molar-refractivity contribution in [3.8, 4) is 0 Å². The molecule has 2 aromatic rings. The highest BCUT2D eigenvalue weighted by Gasteiger charge is 2.54. The molecule has 136 valence electrons. The van der Waals surface area contributed by atoms with Gasteiger partial charge in [0.2, 0.25) is 11.9 Å². The van der Waals surface area contributed by atoms with E-state index in [1.807, 2.05) is 0 Å². The van der Waals surface area contributed by atoms with Crippen LogP contribution in [-0.4, -0.2) is 31.7 Å². The first-order valence-electron chi connectivity index (χ1n) is 8.69. The largest absolute Gasteiger partial charge is 0.481 e. The molecular weight excluding hydrogens is 339 g/mol. The van der Waals surface area contributed by atoms with Crippen molar-refractivity contribution in [1.29, 1.82) is 0 Å². The van der Waals surface area contributed by atoms with Gasteiger partial charge >= 0.3 is 5.97 Å². The van der Waals surface area contributed by atoms with Crippen LogP contribution in [0.3, 0.4) is 0 Å². The lowest BCUT2D eigenvalue weighted by molar-refractivity contribution is -0.148. The Morgan fingerprint density at radius 3 is 2.58 bits per heavy atom. The highest BCUT2D eigenvalue weighted by atomic mass is 19.1. The van der Waals surface area contributed by atoms with E-state index in [9.17, 15) is 19.1 Å². The number of amides is 1. The first-order chi connectivity index (χ1) is 12.5. The van der Waals surface area contributed by atoms with E-state index in [0.29, 0.717) is 6.54 Å². The van der Waals surface area contributed by atoms with Crippen LogP contribution in [0.2, 0.25) is 0 Å². The van der Waals surface area contributed by atoms with Gasteiger partial charge in [0.05, 0.1) is 18.4 Å². The maximum Gasteiger partial charge on any atom is 0.307 e. The molecule has 0 spiro atoms. The van der Waals surface area contributed by atoms with Crippen LogP contribution in [0.1, 0.15) is 24.8 Å². The van der Waals surface area contributed by atoms with E-state index in [2.05, 4.69) is 15.4 Å². The van der Waals surface area contributed by atoms with Gasteiger partial charge in [-0.25, -0.2) is 14.1 Å². The quantitative estimate of drug-likeness (QED) is 0.854. The number of halogens is 1. The highest BCUT2D eigenvalue weighted by Crippen LogP contribution is 2.52. The molecule has 2 saturated carbocycles. The van der Waals surface area contributed by atoms with Gasteiger partial charge in [0.1, 0.15) is 12.1 Å². The predicted molar refractivity (Wildman–Crippen MR) is 89.6 cm³/mol. The van der Waals surface area contributed by atoms with Crippen LogP contribution >= 0.6 is 0 Å². The monoisotopic (exact) mass is 358 g/mol. The molecule has 2 N–H and O–H groups in total. The zero-order valence-electron chi connectivity index (χ0n) is 14.0. The number of fused-ring (bicyclic) bond motifs is 2. The Bertz CT molecular complexity index is 835. The number of carboxylic acids is 1. The standard InChI is InChI=1S/C18H19FN4O3/c19-13-5-1-10(2-6-13)8-23-9-20-18(22-23)21-16(24)14-11-3-4-12(7-11)15(14)17(25)26/h1-2,5-6,9,11-12,14-15H,3-4,7-8H2,(H,25,26)(H,21,22,24)/t11-,12-,14+,15+/m0/s1. The number of benzene rings is 1. The molecule has 2 bridgehead atoms. The van der Waals surface area contributed by atoms with Gasteiger partial charge in [0.25, 0.3) is 0 Å². The number of carbonyl (C=O) groups excluding carboxylic acids is 1. The molecule has 1 aromatic carbocycles. The van der Waals surface area contributed by atoms with Crippen LogP contribution in [0.4, 0.5) is 10.3 Å². The molecule has 7 nitrogen and oxygen atoms in total. The molecule has 1 amide bonds. The number of nitrogens with one attached hydrogen (secondary N) is 1. The number of hydrogen-bond donors (Lipinski definition) is 2. The third-order valence-corrected chi connectivity index (χ3v) is 5.53. The lowest BCUT2D eigenvalue weighted by atomic mass is 9.79. The molecule has 4 rings (SSSR count). The summed E-state index contributed by atoms with van der Waals surface area (Å²) in [6.45, 7) is 0.398. The summed E-state index contributed by atoms with van der Waals surface area (Å²) in [7, 11) is 0. The van der Waals surface area contributed by atoms with Crippen molar-refractivity contribution in [2.45, 2.75) is 25.8 Å². The Kier molecular flexibility index (Phi) is 4.18. The van der Waals surface area contributed by atoms with Crippen molar-refractivity contribution in [3.05, 3.63) is 42.0 Å². The lowest BCUT2D eigenvalue weighted by Crippen LogP contribution is -2.38. The molecule has 1 heterocycles. The van der Waals surface area contributed by atoms with Crippen molar-refractivity contribution < 1.29 is 19.1 Å². The molecule has 2 fully saturated rings. The summed E-state index contributed by atoms with van der Waals surface area (Å²) in [5.74, 6) is -2.27. The first-order valence-corrected chi connectivity index (χ1v) is 8.69. The van der Waals surface area contributed by atoms with Crippen LogP contribution in [0.25, 0.3) is 0 Å². The van der Waals surface area contributed by atoms with E-state index in [1.54, 1.807) is 16.8 Å². The zero-order chi connectivity index (χ0) is 18.3. The number of hydrogen-bond acceptors (Lipinski definition) is 4. The van der Waals surface area contributed by atoms with Crippen LogP contribution in [0.15, 0.2) is 30.6 Å². The maximum absolute atomic E-state index is 12.9. The summed E-state index contributed by atoms with van der Waals surface area (Å²) >= 11 is 0. The second kappa shape index (κ2) is 6.51. The minimum absolute atomic E-state index is 0.0947. The van der Waals surface area contributed by atoms with Crippen molar-refractivity contribution in [1.82, 2.24) is 14.8 Å². The van der Waals surface area contributed by atoms with E-state index in [-0.39, 0.29) is 29.5 Å². The molecule has 0 radical (unpaired) electrons. The summed E-state index contributed by atoms with van der Waals surface area (Å²) < 4.78 is 14.5. The van der Waals surface area contributed by atoms with Gasteiger partial charge in [-0.1, -0.05) is 12.1 Å². The highest BCUT2D eigenvalue weighted by molar-refractivity contribution is 5.94. The van der Waals surface area contributed by atoms with Crippen LogP contribution in [-0.2, 0) is 16.1 Å². The van der Waals surface area contributed by atoms with Gasteiger partial charge in [-0.15, -0.1) is 5.10 Å². The van der Waals surface area contributed by atoms with E-state index in [4.69, 9.17) is 0 Å². The molecule has 1 aromatic heterocycles. The molecule has 8 heteroatoms. The molecule has 0 aliphatic heterocycles. The Hall–Kier alpha value is -2.77. The van der Waals surface area contributed by atoms with E-state index in [1.165, 1.54) is 18.5 Å². The average molecular weight is 358 g/mol. The number of anilines is 1. The Balaban J connectivity index is 1.43. The normalized spacial score (nSPS) is 26.8. The number of carboxylic acid groups (broad SMARTS) is 1. The minimum atomic E-state index is -0.896. The predicted octanol–water partition coefficient (Wildman–Crippen LogP) is 2.15. The van der Waals surface area contributed by atoms with Gasteiger partial charge < -0.3 is 5.11 Å². The second-order valence-corrected chi connectivity index (χ2v) is 7.10. The summed E-state index contributed by atoms with van der Waals surface area (Å²) in [6.07, 6.45) is 4.07. The maximum atomic E-state index is 12.9. The average Bonchev–Trinajstić information content (AvgIpc) is 3.32. The van der Waals surface area contributed by atoms with Gasteiger partial charge in [-0.3, -0.25) is 14.9 Å².